The van der Waals surface area contributed by atoms with Crippen molar-refractivity contribution >= 4 is 0 Å². The van der Waals surface area contributed by atoms with Gasteiger partial charge in [-0.05, 0) is 18.4 Å². The molecule has 0 spiro atoms. The number of halogens is 1. The van der Waals surface area contributed by atoms with Crippen LogP contribution in [0.1, 0.15) is 27.2 Å². The van der Waals surface area contributed by atoms with Crippen molar-refractivity contribution in [3.05, 3.63) is 11.9 Å². The van der Waals surface area contributed by atoms with Crippen molar-refractivity contribution in [1.82, 2.24) is 0 Å². The zero-order chi connectivity index (χ0) is 8.43. The molecule has 1 heterocycles. The van der Waals surface area contributed by atoms with Crippen LogP contribution < -0.4 is 0 Å². The van der Waals surface area contributed by atoms with E-state index in [0.29, 0.717) is 0 Å². The van der Waals surface area contributed by atoms with Gasteiger partial charge in [0.1, 0.15) is 11.9 Å². The third kappa shape index (κ3) is 1.80. The van der Waals surface area contributed by atoms with Gasteiger partial charge in [0, 0.05) is 0 Å². The highest BCUT2D eigenvalue weighted by Gasteiger charge is 2.28. The summed E-state index contributed by atoms with van der Waals surface area (Å²) in [4.78, 5) is 0. The standard InChI is InChI=1S/C9H15FO/c1-4-7-5-8(10)9(11-7)6(2)3/h5-7,9H,4H2,1-3H3. The van der Waals surface area contributed by atoms with E-state index in [9.17, 15) is 4.39 Å². The minimum Gasteiger partial charge on any atom is -0.363 e. The summed E-state index contributed by atoms with van der Waals surface area (Å²) >= 11 is 0. The molecule has 0 fully saturated rings. The maximum Gasteiger partial charge on any atom is 0.128 e. The molecule has 0 aliphatic carbocycles. The lowest BCUT2D eigenvalue weighted by atomic mass is 10.1. The fraction of sp³-hybridized carbons (Fsp3) is 0.778. The molecule has 0 aromatic rings. The molecule has 0 radical (unpaired) electrons. The number of ether oxygens (including phenoxy) is 1. The van der Waals surface area contributed by atoms with E-state index in [1.54, 1.807) is 6.08 Å². The van der Waals surface area contributed by atoms with Gasteiger partial charge in [-0.15, -0.1) is 0 Å². The first-order valence-electron chi connectivity index (χ1n) is 4.17. The lowest BCUT2D eigenvalue weighted by molar-refractivity contribution is 0.0204. The third-order valence-corrected chi connectivity index (χ3v) is 1.95. The van der Waals surface area contributed by atoms with Crippen molar-refractivity contribution in [2.75, 3.05) is 0 Å². The molecule has 2 unspecified atom stereocenters. The van der Waals surface area contributed by atoms with Gasteiger partial charge in [-0.1, -0.05) is 20.8 Å². The van der Waals surface area contributed by atoms with Gasteiger partial charge in [0.15, 0.2) is 0 Å². The van der Waals surface area contributed by atoms with Gasteiger partial charge >= 0.3 is 0 Å². The van der Waals surface area contributed by atoms with Gasteiger partial charge in [0.25, 0.3) is 0 Å². The van der Waals surface area contributed by atoms with Gasteiger partial charge < -0.3 is 4.74 Å². The Morgan fingerprint density at radius 3 is 2.55 bits per heavy atom. The third-order valence-electron chi connectivity index (χ3n) is 1.95. The molecule has 2 atom stereocenters. The van der Waals surface area contributed by atoms with E-state index in [0.717, 1.165) is 6.42 Å². The fourth-order valence-corrected chi connectivity index (χ4v) is 1.25. The predicted octanol–water partition coefficient (Wildman–Crippen LogP) is 2.67. The van der Waals surface area contributed by atoms with Gasteiger partial charge in [0.05, 0.1) is 6.10 Å². The number of rotatable bonds is 2. The second kappa shape index (κ2) is 3.35. The van der Waals surface area contributed by atoms with Crippen molar-refractivity contribution in [1.29, 1.82) is 0 Å². The van der Waals surface area contributed by atoms with Crippen molar-refractivity contribution in [2.24, 2.45) is 5.92 Å². The maximum atomic E-state index is 13.0. The summed E-state index contributed by atoms with van der Waals surface area (Å²) in [7, 11) is 0. The maximum absolute atomic E-state index is 13.0. The quantitative estimate of drug-likeness (QED) is 0.600. The second-order valence-electron chi connectivity index (χ2n) is 3.30. The average Bonchev–Trinajstić information content (AvgIpc) is 2.30. The molecule has 1 nitrogen and oxygen atoms in total. The molecule has 0 saturated carbocycles. The summed E-state index contributed by atoms with van der Waals surface area (Å²) in [5.41, 5.74) is 0. The first-order valence-corrected chi connectivity index (χ1v) is 4.17. The van der Waals surface area contributed by atoms with Crippen LogP contribution in [0.3, 0.4) is 0 Å². The van der Waals surface area contributed by atoms with E-state index in [-0.39, 0.29) is 24.0 Å². The van der Waals surface area contributed by atoms with Crippen LogP contribution in [0.2, 0.25) is 0 Å². The largest absolute Gasteiger partial charge is 0.363 e. The summed E-state index contributed by atoms with van der Waals surface area (Å²) in [5.74, 6) is 0.148. The Bertz CT molecular complexity index is 163. The van der Waals surface area contributed by atoms with Crippen molar-refractivity contribution in [3.8, 4) is 0 Å². The summed E-state index contributed by atoms with van der Waals surface area (Å²) < 4.78 is 18.4. The molecular weight excluding hydrogens is 143 g/mol. The minimum absolute atomic E-state index is 0.00222. The van der Waals surface area contributed by atoms with Gasteiger partial charge in [-0.2, -0.15) is 0 Å². The molecule has 1 aliphatic heterocycles. The van der Waals surface area contributed by atoms with E-state index in [4.69, 9.17) is 4.74 Å². The Kier molecular flexibility index (Phi) is 2.66. The zero-order valence-corrected chi connectivity index (χ0v) is 7.30. The highest BCUT2D eigenvalue weighted by molar-refractivity contribution is 5.09. The first-order chi connectivity index (χ1) is 5.15. The lowest BCUT2D eigenvalue weighted by Gasteiger charge is -2.16. The smallest absolute Gasteiger partial charge is 0.128 e. The molecule has 0 aromatic heterocycles. The molecule has 1 rings (SSSR count). The summed E-state index contributed by atoms with van der Waals surface area (Å²) in [5, 5.41) is 0. The Labute approximate surface area is 67.2 Å². The summed E-state index contributed by atoms with van der Waals surface area (Å²) in [6.45, 7) is 5.93. The van der Waals surface area contributed by atoms with Crippen LogP contribution >= 0.6 is 0 Å². The van der Waals surface area contributed by atoms with Gasteiger partial charge in [-0.25, -0.2) is 4.39 Å². The molecule has 0 saturated heterocycles. The van der Waals surface area contributed by atoms with Gasteiger partial charge in [-0.3, -0.25) is 0 Å². The van der Waals surface area contributed by atoms with Crippen LogP contribution in [-0.4, -0.2) is 12.2 Å². The predicted molar refractivity (Wildman–Crippen MR) is 43.0 cm³/mol. The van der Waals surface area contributed by atoms with E-state index in [1.165, 1.54) is 0 Å². The molecule has 2 heteroatoms. The van der Waals surface area contributed by atoms with E-state index in [2.05, 4.69) is 0 Å². The van der Waals surface area contributed by atoms with E-state index >= 15 is 0 Å². The van der Waals surface area contributed by atoms with Gasteiger partial charge in [0.2, 0.25) is 0 Å². The molecular formula is C9H15FO. The molecule has 11 heavy (non-hydrogen) atoms. The second-order valence-corrected chi connectivity index (χ2v) is 3.30. The number of hydrogen-bond donors (Lipinski definition) is 0. The van der Waals surface area contributed by atoms with Crippen molar-refractivity contribution in [2.45, 2.75) is 39.4 Å². The fourth-order valence-electron chi connectivity index (χ4n) is 1.25. The molecule has 0 bridgehead atoms. The Morgan fingerprint density at radius 2 is 2.27 bits per heavy atom. The monoisotopic (exact) mass is 158 g/mol. The SMILES string of the molecule is CCC1C=C(F)C(C(C)C)O1. The van der Waals surface area contributed by atoms with Crippen molar-refractivity contribution < 1.29 is 9.13 Å². The zero-order valence-electron chi connectivity index (χ0n) is 7.30. The van der Waals surface area contributed by atoms with Crippen LogP contribution in [0, 0.1) is 5.92 Å². The molecule has 1 aliphatic rings. The molecule has 64 valence electrons. The molecule has 0 amide bonds. The van der Waals surface area contributed by atoms with Crippen LogP contribution in [0.5, 0.6) is 0 Å². The lowest BCUT2D eigenvalue weighted by Crippen LogP contribution is -2.18. The highest BCUT2D eigenvalue weighted by atomic mass is 19.1. The van der Waals surface area contributed by atoms with Crippen LogP contribution in [0.25, 0.3) is 0 Å². The van der Waals surface area contributed by atoms with E-state index < -0.39 is 0 Å². The Hall–Kier alpha value is -0.370. The molecule has 0 aromatic carbocycles. The highest BCUT2D eigenvalue weighted by Crippen LogP contribution is 2.27. The summed E-state index contributed by atoms with van der Waals surface area (Å²) in [6.07, 6.45) is 2.16. The number of hydrogen-bond acceptors (Lipinski definition) is 1. The van der Waals surface area contributed by atoms with Crippen LogP contribution in [0.15, 0.2) is 11.9 Å². The van der Waals surface area contributed by atoms with E-state index in [1.807, 2.05) is 20.8 Å². The summed E-state index contributed by atoms with van der Waals surface area (Å²) in [6, 6.07) is 0. The minimum atomic E-state index is -0.292. The van der Waals surface area contributed by atoms with Crippen LogP contribution in [0.4, 0.5) is 4.39 Å². The first kappa shape index (κ1) is 8.72. The Balaban J connectivity index is 2.57. The van der Waals surface area contributed by atoms with Crippen LogP contribution in [-0.2, 0) is 4.74 Å². The Morgan fingerprint density at radius 1 is 1.64 bits per heavy atom. The van der Waals surface area contributed by atoms with Crippen molar-refractivity contribution in [3.63, 3.8) is 0 Å². The average molecular weight is 158 g/mol. The molecule has 0 N–H and O–H groups in total. The normalized spacial score (nSPS) is 31.2. The topological polar surface area (TPSA) is 9.23 Å².